The first-order valence-corrected chi connectivity index (χ1v) is 7.29. The molecule has 1 heterocycles. The van der Waals surface area contributed by atoms with E-state index in [2.05, 4.69) is 20.2 Å². The molecule has 0 aliphatic heterocycles. The van der Waals surface area contributed by atoms with E-state index in [-0.39, 0.29) is 0 Å². The molecule has 7 nitrogen and oxygen atoms in total. The second-order valence-electron chi connectivity index (χ2n) is 4.40. The Kier molecular flexibility index (Phi) is 3.52. The minimum atomic E-state index is -3.36. The van der Waals surface area contributed by atoms with Crippen molar-refractivity contribution in [2.45, 2.75) is 19.1 Å². The van der Waals surface area contributed by atoms with Crippen LogP contribution in [-0.4, -0.2) is 33.9 Å². The fourth-order valence-electron chi connectivity index (χ4n) is 1.48. The second kappa shape index (κ2) is 4.96. The summed E-state index contributed by atoms with van der Waals surface area (Å²) in [6, 6.07) is 6.96. The average molecular weight is 281 g/mol. The van der Waals surface area contributed by atoms with Gasteiger partial charge in [-0.15, -0.1) is 5.10 Å². The first-order valence-electron chi connectivity index (χ1n) is 5.74. The van der Waals surface area contributed by atoms with E-state index < -0.39 is 15.3 Å². The van der Waals surface area contributed by atoms with Crippen molar-refractivity contribution in [2.75, 3.05) is 4.72 Å². The molecule has 8 heteroatoms. The maximum absolute atomic E-state index is 11.8. The molecule has 0 saturated heterocycles. The Morgan fingerprint density at radius 2 is 2.05 bits per heavy atom. The molecule has 0 atom stereocenters. The number of sulfonamides is 1. The van der Waals surface area contributed by atoms with Crippen LogP contribution in [0, 0.1) is 0 Å². The molecule has 0 aliphatic carbocycles. The van der Waals surface area contributed by atoms with E-state index in [1.165, 1.54) is 4.68 Å². The zero-order chi connectivity index (χ0) is 14.0. The van der Waals surface area contributed by atoms with Gasteiger partial charge in [-0.05, 0) is 36.4 Å². The van der Waals surface area contributed by atoms with Crippen LogP contribution in [0.1, 0.15) is 13.8 Å². The largest absolute Gasteiger partial charge is 0.283 e. The normalized spacial score (nSPS) is 11.8. The molecule has 19 heavy (non-hydrogen) atoms. The number of rotatable bonds is 4. The van der Waals surface area contributed by atoms with Gasteiger partial charge in [0.25, 0.3) is 0 Å². The number of tetrazole rings is 1. The molecule has 102 valence electrons. The van der Waals surface area contributed by atoms with Gasteiger partial charge in [-0.2, -0.15) is 0 Å². The smallest absolute Gasteiger partial charge is 0.235 e. The Morgan fingerprint density at radius 1 is 1.32 bits per heavy atom. The fourth-order valence-corrected chi connectivity index (χ4v) is 2.17. The lowest BCUT2D eigenvalue weighted by Gasteiger charge is -2.11. The highest BCUT2D eigenvalue weighted by Crippen LogP contribution is 2.20. The maximum Gasteiger partial charge on any atom is 0.235 e. The molecule has 0 unspecified atom stereocenters. The quantitative estimate of drug-likeness (QED) is 0.904. The van der Waals surface area contributed by atoms with Crippen molar-refractivity contribution in [3.8, 4) is 11.4 Å². The molecular weight excluding hydrogens is 266 g/mol. The van der Waals surface area contributed by atoms with Crippen LogP contribution in [0.4, 0.5) is 5.69 Å². The van der Waals surface area contributed by atoms with Crippen molar-refractivity contribution >= 4 is 15.7 Å². The Bertz CT molecular complexity index is 678. The van der Waals surface area contributed by atoms with Crippen LogP contribution >= 0.6 is 0 Å². The van der Waals surface area contributed by atoms with Crippen molar-refractivity contribution in [3.63, 3.8) is 0 Å². The fraction of sp³-hybridized carbons (Fsp3) is 0.364. The van der Waals surface area contributed by atoms with Crippen molar-refractivity contribution in [1.82, 2.24) is 20.2 Å². The third kappa shape index (κ3) is 2.90. The topological polar surface area (TPSA) is 89.8 Å². The number of hydrogen-bond acceptors (Lipinski definition) is 5. The third-order valence-electron chi connectivity index (χ3n) is 2.62. The van der Waals surface area contributed by atoms with Crippen LogP contribution in [0.25, 0.3) is 11.4 Å². The SMILES string of the molecule is CC(C)S(=O)(=O)Nc1cccc(-c2nnnn2C)c1. The van der Waals surface area contributed by atoms with Gasteiger partial charge in [0.2, 0.25) is 10.0 Å². The van der Waals surface area contributed by atoms with Crippen LogP contribution in [0.3, 0.4) is 0 Å². The molecule has 0 radical (unpaired) electrons. The van der Waals surface area contributed by atoms with E-state index in [0.29, 0.717) is 11.5 Å². The Balaban J connectivity index is 2.34. The highest BCUT2D eigenvalue weighted by molar-refractivity contribution is 7.93. The van der Waals surface area contributed by atoms with E-state index in [9.17, 15) is 8.42 Å². The van der Waals surface area contributed by atoms with Crippen molar-refractivity contribution in [1.29, 1.82) is 0 Å². The maximum atomic E-state index is 11.8. The monoisotopic (exact) mass is 281 g/mol. The zero-order valence-electron chi connectivity index (χ0n) is 10.9. The summed E-state index contributed by atoms with van der Waals surface area (Å²) >= 11 is 0. The summed E-state index contributed by atoms with van der Waals surface area (Å²) in [6.07, 6.45) is 0. The van der Waals surface area contributed by atoms with Crippen molar-refractivity contribution in [2.24, 2.45) is 7.05 Å². The van der Waals surface area contributed by atoms with Crippen molar-refractivity contribution in [3.05, 3.63) is 24.3 Å². The molecular formula is C11H15N5O2S. The summed E-state index contributed by atoms with van der Waals surface area (Å²) in [6.45, 7) is 3.25. The van der Waals surface area contributed by atoms with Crippen LogP contribution in [0.15, 0.2) is 24.3 Å². The van der Waals surface area contributed by atoms with E-state index in [1.807, 2.05) is 6.07 Å². The molecule has 1 N–H and O–H groups in total. The van der Waals surface area contributed by atoms with Gasteiger partial charge >= 0.3 is 0 Å². The number of nitrogens with zero attached hydrogens (tertiary/aromatic N) is 4. The molecule has 2 aromatic rings. The second-order valence-corrected chi connectivity index (χ2v) is 6.64. The van der Waals surface area contributed by atoms with Gasteiger partial charge in [-0.25, -0.2) is 13.1 Å². The van der Waals surface area contributed by atoms with E-state index in [1.54, 1.807) is 39.1 Å². The predicted molar refractivity (Wildman–Crippen MR) is 71.9 cm³/mol. The van der Waals surface area contributed by atoms with Crippen LogP contribution in [0.5, 0.6) is 0 Å². The predicted octanol–water partition coefficient (Wildman–Crippen LogP) is 1.03. The first-order chi connectivity index (χ1) is 8.90. The number of nitrogens with one attached hydrogen (secondary N) is 1. The van der Waals surface area contributed by atoms with Gasteiger partial charge in [0.1, 0.15) is 0 Å². The minimum Gasteiger partial charge on any atom is -0.283 e. The number of anilines is 1. The first kappa shape index (κ1) is 13.5. The molecule has 1 aromatic carbocycles. The van der Waals surface area contributed by atoms with Gasteiger partial charge in [0.15, 0.2) is 5.82 Å². The van der Waals surface area contributed by atoms with Gasteiger partial charge in [0, 0.05) is 18.3 Å². The lowest BCUT2D eigenvalue weighted by atomic mass is 10.2. The van der Waals surface area contributed by atoms with E-state index >= 15 is 0 Å². The molecule has 0 spiro atoms. The molecule has 0 fully saturated rings. The minimum absolute atomic E-state index is 0.493. The Labute approximate surface area is 111 Å². The Morgan fingerprint density at radius 3 is 2.63 bits per heavy atom. The van der Waals surface area contributed by atoms with Gasteiger partial charge in [-0.3, -0.25) is 4.72 Å². The number of hydrogen-bond donors (Lipinski definition) is 1. The number of aromatic nitrogens is 4. The summed E-state index contributed by atoms with van der Waals surface area (Å²) in [4.78, 5) is 0. The summed E-state index contributed by atoms with van der Waals surface area (Å²) in [5.41, 5.74) is 1.24. The Hall–Kier alpha value is -1.96. The summed E-state index contributed by atoms with van der Waals surface area (Å²) < 4.78 is 27.7. The van der Waals surface area contributed by atoms with E-state index in [4.69, 9.17) is 0 Å². The molecule has 0 saturated carbocycles. The summed E-state index contributed by atoms with van der Waals surface area (Å²) in [5.74, 6) is 0.575. The summed E-state index contributed by atoms with van der Waals surface area (Å²) in [7, 11) is -1.63. The van der Waals surface area contributed by atoms with Gasteiger partial charge < -0.3 is 0 Å². The molecule has 0 amide bonds. The van der Waals surface area contributed by atoms with E-state index in [0.717, 1.165) is 5.56 Å². The van der Waals surface area contributed by atoms with Crippen LogP contribution in [0.2, 0.25) is 0 Å². The highest BCUT2D eigenvalue weighted by Gasteiger charge is 2.16. The van der Waals surface area contributed by atoms with Crippen molar-refractivity contribution < 1.29 is 8.42 Å². The standard InChI is InChI=1S/C11H15N5O2S/c1-8(2)19(17,18)13-10-6-4-5-9(7-10)11-12-14-15-16(11)3/h4-8,13H,1-3H3. The lowest BCUT2D eigenvalue weighted by Crippen LogP contribution is -2.22. The zero-order valence-corrected chi connectivity index (χ0v) is 11.7. The highest BCUT2D eigenvalue weighted by atomic mass is 32.2. The molecule has 1 aromatic heterocycles. The van der Waals surface area contributed by atoms with Crippen LogP contribution in [-0.2, 0) is 17.1 Å². The number of benzene rings is 1. The van der Waals surface area contributed by atoms with Crippen LogP contribution < -0.4 is 4.72 Å². The summed E-state index contributed by atoms with van der Waals surface area (Å²) in [5, 5.41) is 10.7. The molecule has 2 rings (SSSR count). The van der Waals surface area contributed by atoms with Gasteiger partial charge in [-0.1, -0.05) is 12.1 Å². The lowest BCUT2D eigenvalue weighted by molar-refractivity contribution is 0.593. The van der Waals surface area contributed by atoms with Gasteiger partial charge in [0.05, 0.1) is 5.25 Å². The third-order valence-corrected chi connectivity index (χ3v) is 4.38. The average Bonchev–Trinajstić information content (AvgIpc) is 2.75. The molecule has 0 aliphatic rings. The number of aryl methyl sites for hydroxylation is 1. The molecule has 0 bridgehead atoms.